The highest BCUT2D eigenvalue weighted by Gasteiger charge is 2.64. The zero-order valence-corrected chi connectivity index (χ0v) is 15.9. The molecular formula is C22H36O2. The van der Waals surface area contributed by atoms with E-state index in [0.717, 1.165) is 37.5 Å². The predicted molar refractivity (Wildman–Crippen MR) is 97.5 cm³/mol. The lowest BCUT2D eigenvalue weighted by Crippen LogP contribution is -2.57. The van der Waals surface area contributed by atoms with Crippen molar-refractivity contribution < 1.29 is 10.2 Å². The molecule has 0 aromatic heterocycles. The molecule has 0 bridgehead atoms. The van der Waals surface area contributed by atoms with Crippen LogP contribution in [0.1, 0.15) is 78.6 Å². The zero-order chi connectivity index (χ0) is 17.4. The first-order valence-electron chi connectivity index (χ1n) is 10.2. The lowest BCUT2D eigenvalue weighted by atomic mass is 9.43. The van der Waals surface area contributed by atoms with Crippen LogP contribution < -0.4 is 0 Å². The molecule has 4 aliphatic rings. The van der Waals surface area contributed by atoms with E-state index in [1.807, 2.05) is 13.0 Å². The Morgan fingerprint density at radius 3 is 2.29 bits per heavy atom. The Bertz CT molecular complexity index is 540. The van der Waals surface area contributed by atoms with Gasteiger partial charge in [-0.15, -0.1) is 6.58 Å². The zero-order valence-electron chi connectivity index (χ0n) is 15.9. The molecular weight excluding hydrogens is 296 g/mol. The molecule has 0 aromatic carbocycles. The molecule has 0 spiro atoms. The molecule has 0 aromatic rings. The van der Waals surface area contributed by atoms with Crippen molar-refractivity contribution >= 4 is 0 Å². The lowest BCUT2D eigenvalue weighted by molar-refractivity contribution is -0.159. The highest BCUT2D eigenvalue weighted by Crippen LogP contribution is 2.68. The molecule has 0 amide bonds. The Morgan fingerprint density at radius 1 is 0.875 bits per heavy atom. The Labute approximate surface area is 147 Å². The Kier molecular flexibility index (Phi) is 3.63. The van der Waals surface area contributed by atoms with Crippen molar-refractivity contribution in [1.29, 1.82) is 0 Å². The van der Waals surface area contributed by atoms with Crippen molar-refractivity contribution in [3.05, 3.63) is 12.7 Å². The van der Waals surface area contributed by atoms with Crippen molar-refractivity contribution in [2.45, 2.75) is 89.8 Å². The Balaban J connectivity index is 1.63. The molecule has 0 aliphatic heterocycles. The third-order valence-electron chi connectivity index (χ3n) is 9.51. The largest absolute Gasteiger partial charge is 0.390 e. The first-order valence-corrected chi connectivity index (χ1v) is 10.2. The van der Waals surface area contributed by atoms with Crippen LogP contribution in [0.3, 0.4) is 0 Å². The van der Waals surface area contributed by atoms with Gasteiger partial charge < -0.3 is 10.2 Å². The number of aliphatic hydroxyl groups is 2. The van der Waals surface area contributed by atoms with E-state index in [1.165, 1.54) is 32.1 Å². The third kappa shape index (κ3) is 2.08. The monoisotopic (exact) mass is 332 g/mol. The molecule has 136 valence electrons. The SMILES string of the molecule is C=CC1(O)CC[C@H]2[C@@H]3CCC4CC(C)(O)CC[C@]4(C)[C@@H]3CC[C@@]21C. The fraction of sp³-hybridized carbons (Fsp3) is 0.909. The van der Waals surface area contributed by atoms with Gasteiger partial charge in [-0.1, -0.05) is 19.9 Å². The van der Waals surface area contributed by atoms with Gasteiger partial charge in [0.1, 0.15) is 0 Å². The van der Waals surface area contributed by atoms with Crippen molar-refractivity contribution in [2.75, 3.05) is 0 Å². The highest BCUT2D eigenvalue weighted by molar-refractivity contribution is 5.19. The summed E-state index contributed by atoms with van der Waals surface area (Å²) in [5.74, 6) is 2.89. The lowest BCUT2D eigenvalue weighted by Gasteiger charge is -2.62. The van der Waals surface area contributed by atoms with Gasteiger partial charge in [-0.2, -0.15) is 0 Å². The van der Waals surface area contributed by atoms with E-state index in [2.05, 4.69) is 20.4 Å². The minimum atomic E-state index is -0.656. The summed E-state index contributed by atoms with van der Waals surface area (Å²) < 4.78 is 0. The van der Waals surface area contributed by atoms with Crippen molar-refractivity contribution in [3.63, 3.8) is 0 Å². The van der Waals surface area contributed by atoms with E-state index >= 15 is 0 Å². The smallest absolute Gasteiger partial charge is 0.0881 e. The number of hydrogen-bond acceptors (Lipinski definition) is 2. The normalized spacial score (nSPS) is 60.0. The fourth-order valence-electron chi connectivity index (χ4n) is 7.82. The van der Waals surface area contributed by atoms with Crippen LogP contribution in [0.5, 0.6) is 0 Å². The maximum Gasteiger partial charge on any atom is 0.0881 e. The second kappa shape index (κ2) is 5.10. The average molecular weight is 333 g/mol. The predicted octanol–water partition coefficient (Wildman–Crippen LogP) is 4.70. The first-order chi connectivity index (χ1) is 11.2. The van der Waals surface area contributed by atoms with E-state index < -0.39 is 11.2 Å². The van der Waals surface area contributed by atoms with E-state index in [1.54, 1.807) is 0 Å². The van der Waals surface area contributed by atoms with E-state index in [9.17, 15) is 10.2 Å². The molecule has 2 heteroatoms. The van der Waals surface area contributed by atoms with E-state index in [-0.39, 0.29) is 5.41 Å². The van der Waals surface area contributed by atoms with Crippen molar-refractivity contribution in [1.82, 2.24) is 0 Å². The van der Waals surface area contributed by atoms with E-state index in [0.29, 0.717) is 17.3 Å². The molecule has 0 saturated heterocycles. The van der Waals surface area contributed by atoms with Gasteiger partial charge in [-0.05, 0) is 93.8 Å². The van der Waals surface area contributed by atoms with Crippen LogP contribution in [-0.4, -0.2) is 21.4 Å². The number of rotatable bonds is 1. The van der Waals surface area contributed by atoms with Gasteiger partial charge in [-0.3, -0.25) is 0 Å². The van der Waals surface area contributed by atoms with Gasteiger partial charge in [0.2, 0.25) is 0 Å². The average Bonchev–Trinajstić information content (AvgIpc) is 2.80. The van der Waals surface area contributed by atoms with Gasteiger partial charge in [0.05, 0.1) is 11.2 Å². The van der Waals surface area contributed by atoms with Crippen LogP contribution in [-0.2, 0) is 0 Å². The Morgan fingerprint density at radius 2 is 1.58 bits per heavy atom. The Hall–Kier alpha value is -0.340. The van der Waals surface area contributed by atoms with Crippen LogP contribution in [0.25, 0.3) is 0 Å². The fourth-order valence-corrected chi connectivity index (χ4v) is 7.82. The van der Waals surface area contributed by atoms with Crippen molar-refractivity contribution in [3.8, 4) is 0 Å². The van der Waals surface area contributed by atoms with Crippen LogP contribution in [0.4, 0.5) is 0 Å². The molecule has 4 rings (SSSR count). The summed E-state index contributed by atoms with van der Waals surface area (Å²) in [6.45, 7) is 10.9. The summed E-state index contributed by atoms with van der Waals surface area (Å²) in [5, 5.41) is 21.7. The topological polar surface area (TPSA) is 40.5 Å². The number of hydrogen-bond donors (Lipinski definition) is 2. The van der Waals surface area contributed by atoms with Gasteiger partial charge in [0.25, 0.3) is 0 Å². The van der Waals surface area contributed by atoms with Gasteiger partial charge in [0.15, 0.2) is 0 Å². The highest BCUT2D eigenvalue weighted by atomic mass is 16.3. The standard InChI is InChI=1S/C22H36O2/c1-5-22(24)11-9-18-16-7-6-15-14-19(2,23)12-13-20(15,3)17(16)8-10-21(18,22)4/h5,15-18,23-24H,1,6-14H2,2-4H3/t15?,16-,17-,18+,19?,20+,21+,22?/m1/s1. The van der Waals surface area contributed by atoms with Crippen LogP contribution in [0.15, 0.2) is 12.7 Å². The van der Waals surface area contributed by atoms with Crippen LogP contribution in [0, 0.1) is 34.5 Å². The quantitative estimate of drug-likeness (QED) is 0.683. The molecule has 4 aliphatic carbocycles. The second-order valence-corrected chi connectivity index (χ2v) is 10.5. The van der Waals surface area contributed by atoms with Crippen LogP contribution >= 0.6 is 0 Å². The molecule has 0 radical (unpaired) electrons. The maximum atomic E-state index is 11.2. The van der Waals surface area contributed by atoms with Crippen molar-refractivity contribution in [2.24, 2.45) is 34.5 Å². The summed E-state index contributed by atoms with van der Waals surface area (Å²) in [6, 6.07) is 0. The summed E-state index contributed by atoms with van der Waals surface area (Å²) in [6.07, 6.45) is 12.0. The molecule has 2 N–H and O–H groups in total. The van der Waals surface area contributed by atoms with Gasteiger partial charge in [0, 0.05) is 5.41 Å². The number of fused-ring (bicyclic) bond motifs is 5. The summed E-state index contributed by atoms with van der Waals surface area (Å²) >= 11 is 0. The maximum absolute atomic E-state index is 11.2. The molecule has 2 nitrogen and oxygen atoms in total. The molecule has 0 heterocycles. The molecule has 8 atom stereocenters. The first kappa shape index (κ1) is 17.1. The molecule has 4 fully saturated rings. The van der Waals surface area contributed by atoms with Gasteiger partial charge >= 0.3 is 0 Å². The summed E-state index contributed by atoms with van der Waals surface area (Å²) in [7, 11) is 0. The molecule has 3 unspecified atom stereocenters. The van der Waals surface area contributed by atoms with Gasteiger partial charge in [-0.25, -0.2) is 0 Å². The molecule has 24 heavy (non-hydrogen) atoms. The second-order valence-electron chi connectivity index (χ2n) is 10.5. The minimum absolute atomic E-state index is 0.0271. The molecule has 4 saturated carbocycles. The van der Waals surface area contributed by atoms with Crippen LogP contribution in [0.2, 0.25) is 0 Å². The summed E-state index contributed by atoms with van der Waals surface area (Å²) in [4.78, 5) is 0. The van der Waals surface area contributed by atoms with E-state index in [4.69, 9.17) is 0 Å². The minimum Gasteiger partial charge on any atom is -0.390 e. The summed E-state index contributed by atoms with van der Waals surface area (Å²) in [5.41, 5.74) is -0.673. The third-order valence-corrected chi connectivity index (χ3v) is 9.51.